The highest BCUT2D eigenvalue weighted by molar-refractivity contribution is 5.29. The van der Waals surface area contributed by atoms with E-state index in [1.54, 1.807) is 0 Å². The molecule has 1 aromatic carbocycles. The zero-order chi connectivity index (χ0) is 18.5. The summed E-state index contributed by atoms with van der Waals surface area (Å²) in [6, 6.07) is 8.14. The largest absolute Gasteiger partial charge is 0.494 e. The van der Waals surface area contributed by atoms with Crippen LogP contribution in [0.1, 0.15) is 71.3 Å². The van der Waals surface area contributed by atoms with Gasteiger partial charge in [-0.3, -0.25) is 0 Å². The average molecular weight is 345 g/mol. The quantitative estimate of drug-likeness (QED) is 0.339. The monoisotopic (exact) mass is 344 g/mol. The Morgan fingerprint density at radius 2 is 2.08 bits per heavy atom. The Hall–Kier alpha value is -1.54. The number of rotatable bonds is 13. The zero-order valence-electron chi connectivity index (χ0n) is 16.4. The second-order valence-electron chi connectivity index (χ2n) is 7.29. The van der Waals surface area contributed by atoms with Crippen LogP contribution >= 0.6 is 0 Å². The number of ether oxygens (including phenoxy) is 1. The van der Waals surface area contributed by atoms with Gasteiger partial charge in [-0.1, -0.05) is 43.2 Å². The third-order valence-electron chi connectivity index (χ3n) is 4.40. The third kappa shape index (κ3) is 10.1. The van der Waals surface area contributed by atoms with E-state index in [-0.39, 0.29) is 0 Å². The predicted molar refractivity (Wildman–Crippen MR) is 108 cm³/mol. The molecule has 0 spiro atoms. The van der Waals surface area contributed by atoms with Gasteiger partial charge in [0.2, 0.25) is 0 Å². The molecule has 0 saturated carbocycles. The Labute approximate surface area is 154 Å². The van der Waals surface area contributed by atoms with Gasteiger partial charge >= 0.3 is 0 Å². The summed E-state index contributed by atoms with van der Waals surface area (Å²) in [5.74, 6) is 0.905. The van der Waals surface area contributed by atoms with Crippen LogP contribution in [0.3, 0.4) is 0 Å². The van der Waals surface area contributed by atoms with Gasteiger partial charge in [0, 0.05) is 6.42 Å². The van der Waals surface area contributed by atoms with Crippen molar-refractivity contribution in [3.05, 3.63) is 54.1 Å². The maximum Gasteiger partial charge on any atom is 0.119 e. The Balaban J connectivity index is 2.44. The second-order valence-corrected chi connectivity index (χ2v) is 7.29. The highest BCUT2D eigenvalue weighted by Gasteiger charge is 2.20. The summed E-state index contributed by atoms with van der Waals surface area (Å²) >= 11 is 0. The van der Waals surface area contributed by atoms with E-state index < -0.39 is 5.60 Å². The van der Waals surface area contributed by atoms with Gasteiger partial charge in [0.05, 0.1) is 12.2 Å². The minimum absolute atomic E-state index is 0.664. The molecule has 0 saturated heterocycles. The molecular weight excluding hydrogens is 308 g/mol. The predicted octanol–water partition coefficient (Wildman–Crippen LogP) is 6.24. The highest BCUT2D eigenvalue weighted by Crippen LogP contribution is 2.23. The molecule has 1 aromatic rings. The molecule has 0 fully saturated rings. The first kappa shape index (κ1) is 21.5. The molecule has 1 atom stereocenters. The fourth-order valence-corrected chi connectivity index (χ4v) is 2.91. The number of allylic oxidation sites excluding steroid dienone is 3. The zero-order valence-corrected chi connectivity index (χ0v) is 16.4. The fourth-order valence-electron chi connectivity index (χ4n) is 2.91. The highest BCUT2D eigenvalue weighted by atomic mass is 16.5. The number of aliphatic hydroxyl groups is 1. The molecule has 0 aliphatic carbocycles. The smallest absolute Gasteiger partial charge is 0.119 e. The van der Waals surface area contributed by atoms with Crippen molar-refractivity contribution in [1.82, 2.24) is 0 Å². The van der Waals surface area contributed by atoms with E-state index in [1.165, 1.54) is 5.57 Å². The molecule has 0 radical (unpaired) electrons. The molecule has 2 heteroatoms. The lowest BCUT2D eigenvalue weighted by Crippen LogP contribution is -2.27. The molecule has 140 valence electrons. The molecule has 1 unspecified atom stereocenters. The molecule has 0 aliphatic heterocycles. The maximum atomic E-state index is 10.7. The minimum Gasteiger partial charge on any atom is -0.494 e. The number of hydrogen-bond acceptors (Lipinski definition) is 2. The molecule has 25 heavy (non-hydrogen) atoms. The van der Waals surface area contributed by atoms with Crippen molar-refractivity contribution < 1.29 is 9.84 Å². The van der Waals surface area contributed by atoms with Gasteiger partial charge in [0.1, 0.15) is 5.75 Å². The first-order valence-electron chi connectivity index (χ1n) is 9.67. The minimum atomic E-state index is -0.677. The van der Waals surface area contributed by atoms with Crippen LogP contribution in [0, 0.1) is 0 Å². The van der Waals surface area contributed by atoms with Crippen molar-refractivity contribution in [2.75, 3.05) is 6.61 Å². The van der Waals surface area contributed by atoms with Crippen molar-refractivity contribution in [2.24, 2.45) is 0 Å². The molecule has 0 heterocycles. The van der Waals surface area contributed by atoms with Crippen LogP contribution in [-0.4, -0.2) is 17.3 Å². The molecular formula is C23H36O2. The third-order valence-corrected chi connectivity index (χ3v) is 4.40. The molecule has 0 amide bonds. The van der Waals surface area contributed by atoms with E-state index in [1.807, 2.05) is 25.1 Å². The van der Waals surface area contributed by atoms with E-state index in [9.17, 15) is 5.11 Å². The van der Waals surface area contributed by atoms with Crippen molar-refractivity contribution in [1.29, 1.82) is 0 Å². The summed E-state index contributed by atoms with van der Waals surface area (Å²) in [4.78, 5) is 0. The topological polar surface area (TPSA) is 29.5 Å². The Kier molecular flexibility index (Phi) is 10.3. The molecule has 1 rings (SSSR count). The standard InChI is InChI=1S/C23H36O2/c1-5-7-9-12-20(3)13-11-16-23(4,24)19-21-14-10-15-22(18-21)25-17-8-6-2/h5,10,12,14-15,18,24H,1,6-9,11,13,16-17,19H2,2-4H3/b20-12+. The van der Waals surface area contributed by atoms with Crippen molar-refractivity contribution in [3.63, 3.8) is 0 Å². The molecule has 2 nitrogen and oxygen atoms in total. The summed E-state index contributed by atoms with van der Waals surface area (Å²) in [6.45, 7) is 10.8. The summed E-state index contributed by atoms with van der Waals surface area (Å²) in [6.07, 6.45) is 12.1. The van der Waals surface area contributed by atoms with Crippen molar-refractivity contribution in [3.8, 4) is 5.75 Å². The van der Waals surface area contributed by atoms with Crippen LogP contribution in [-0.2, 0) is 6.42 Å². The van der Waals surface area contributed by atoms with Gasteiger partial charge in [-0.15, -0.1) is 6.58 Å². The molecule has 0 bridgehead atoms. The second kappa shape index (κ2) is 11.9. The lowest BCUT2D eigenvalue weighted by Gasteiger charge is -2.23. The van der Waals surface area contributed by atoms with E-state index in [4.69, 9.17) is 4.74 Å². The van der Waals surface area contributed by atoms with E-state index in [0.29, 0.717) is 6.42 Å². The first-order valence-corrected chi connectivity index (χ1v) is 9.67. The normalized spacial score (nSPS) is 14.2. The summed E-state index contributed by atoms with van der Waals surface area (Å²) in [5, 5.41) is 10.7. The van der Waals surface area contributed by atoms with Crippen LogP contribution in [0.4, 0.5) is 0 Å². The van der Waals surface area contributed by atoms with Gasteiger partial charge < -0.3 is 9.84 Å². The summed E-state index contributed by atoms with van der Waals surface area (Å²) < 4.78 is 5.76. The van der Waals surface area contributed by atoms with E-state index in [0.717, 1.165) is 62.9 Å². The lowest BCUT2D eigenvalue weighted by atomic mass is 9.90. The first-order chi connectivity index (χ1) is 12.0. The number of unbranched alkanes of at least 4 members (excludes halogenated alkanes) is 2. The van der Waals surface area contributed by atoms with Crippen LogP contribution in [0.2, 0.25) is 0 Å². The van der Waals surface area contributed by atoms with Crippen molar-refractivity contribution in [2.45, 2.75) is 77.7 Å². The summed E-state index contributed by atoms with van der Waals surface area (Å²) in [5.41, 5.74) is 1.87. The van der Waals surface area contributed by atoms with Crippen LogP contribution < -0.4 is 4.74 Å². The van der Waals surface area contributed by atoms with Gasteiger partial charge in [-0.2, -0.15) is 0 Å². The maximum absolute atomic E-state index is 10.7. The van der Waals surface area contributed by atoms with Gasteiger partial charge in [-0.25, -0.2) is 0 Å². The average Bonchev–Trinajstić information content (AvgIpc) is 2.55. The molecule has 1 N–H and O–H groups in total. The van der Waals surface area contributed by atoms with E-state index in [2.05, 4.69) is 38.6 Å². The molecule has 0 aromatic heterocycles. The van der Waals surface area contributed by atoms with Gasteiger partial charge in [0.15, 0.2) is 0 Å². The van der Waals surface area contributed by atoms with Crippen molar-refractivity contribution >= 4 is 0 Å². The fraction of sp³-hybridized carbons (Fsp3) is 0.565. The lowest BCUT2D eigenvalue weighted by molar-refractivity contribution is 0.0492. The van der Waals surface area contributed by atoms with Crippen LogP contribution in [0.5, 0.6) is 5.75 Å². The number of benzene rings is 1. The van der Waals surface area contributed by atoms with Crippen LogP contribution in [0.15, 0.2) is 48.6 Å². The molecule has 0 aliphatic rings. The van der Waals surface area contributed by atoms with E-state index >= 15 is 0 Å². The summed E-state index contributed by atoms with van der Waals surface area (Å²) in [7, 11) is 0. The van der Waals surface area contributed by atoms with Gasteiger partial charge in [0.25, 0.3) is 0 Å². The van der Waals surface area contributed by atoms with Gasteiger partial charge in [-0.05, 0) is 70.1 Å². The Morgan fingerprint density at radius 1 is 1.28 bits per heavy atom. The Bertz CT molecular complexity index is 529. The SMILES string of the molecule is C=CCC/C=C(\C)CCCC(C)(O)Cc1cccc(OCCCC)c1. The Morgan fingerprint density at radius 3 is 2.80 bits per heavy atom. The number of hydrogen-bond donors (Lipinski definition) is 1. The van der Waals surface area contributed by atoms with Crippen LogP contribution in [0.25, 0.3) is 0 Å².